The molecule has 1 aromatic carbocycles. The zero-order valence-electron chi connectivity index (χ0n) is 10.3. The third kappa shape index (κ3) is 3.53. The van der Waals surface area contributed by atoms with Crippen LogP contribution in [0.15, 0.2) is 29.6 Å². The van der Waals surface area contributed by atoms with Gasteiger partial charge in [-0.2, -0.15) is 0 Å². The van der Waals surface area contributed by atoms with Crippen LogP contribution in [0.4, 0.5) is 0 Å². The van der Waals surface area contributed by atoms with E-state index in [9.17, 15) is 4.79 Å². The molecule has 0 saturated carbocycles. The molecule has 1 unspecified atom stereocenters. The van der Waals surface area contributed by atoms with Gasteiger partial charge in [-0.05, 0) is 19.1 Å². The molecule has 0 bridgehead atoms. The number of carbonyl (C=O) groups is 1. The summed E-state index contributed by atoms with van der Waals surface area (Å²) in [7, 11) is 0. The lowest BCUT2D eigenvalue weighted by Crippen LogP contribution is -2.35. The predicted octanol–water partition coefficient (Wildman–Crippen LogP) is 2.57. The molecule has 0 aliphatic carbocycles. The van der Waals surface area contributed by atoms with Gasteiger partial charge in [0.15, 0.2) is 0 Å². The van der Waals surface area contributed by atoms with E-state index >= 15 is 0 Å². The molecular formula is C13H13ClN2O2S. The van der Waals surface area contributed by atoms with E-state index in [1.54, 1.807) is 24.4 Å². The number of nitrogens with zero attached hydrogens (tertiary/aromatic N) is 1. The molecule has 0 radical (unpaired) electrons. The maximum atomic E-state index is 11.8. The van der Waals surface area contributed by atoms with Crippen LogP contribution < -0.4 is 5.32 Å². The van der Waals surface area contributed by atoms with E-state index in [1.807, 2.05) is 12.1 Å². The Kier molecular flexibility index (Phi) is 4.52. The Balaban J connectivity index is 2.15. The average molecular weight is 297 g/mol. The zero-order chi connectivity index (χ0) is 13.8. The smallest absolute Gasteiger partial charge is 0.271 e. The van der Waals surface area contributed by atoms with Crippen molar-refractivity contribution < 1.29 is 9.90 Å². The molecule has 2 aromatic rings. The van der Waals surface area contributed by atoms with E-state index in [4.69, 9.17) is 16.7 Å². The molecule has 2 rings (SSSR count). The molecule has 100 valence electrons. The molecular weight excluding hydrogens is 284 g/mol. The minimum Gasteiger partial charge on any atom is -0.394 e. The number of aromatic nitrogens is 1. The van der Waals surface area contributed by atoms with Crippen molar-refractivity contribution in [2.24, 2.45) is 0 Å². The molecule has 0 saturated heterocycles. The number of rotatable bonds is 4. The minimum absolute atomic E-state index is 0.0973. The number of carbonyl (C=O) groups excluding carboxylic acids is 1. The van der Waals surface area contributed by atoms with E-state index in [0.29, 0.717) is 10.7 Å². The van der Waals surface area contributed by atoms with Gasteiger partial charge in [-0.3, -0.25) is 4.79 Å². The fraction of sp³-hybridized carbons (Fsp3) is 0.231. The molecule has 0 spiro atoms. The van der Waals surface area contributed by atoms with Crippen LogP contribution >= 0.6 is 22.9 Å². The van der Waals surface area contributed by atoms with Crippen LogP contribution in [-0.4, -0.2) is 28.6 Å². The maximum Gasteiger partial charge on any atom is 0.271 e. The maximum absolute atomic E-state index is 11.8. The summed E-state index contributed by atoms with van der Waals surface area (Å²) < 4.78 is 0. The fourth-order valence-corrected chi connectivity index (χ4v) is 2.38. The summed E-state index contributed by atoms with van der Waals surface area (Å²) in [6, 6.07) is 7.00. The normalized spacial score (nSPS) is 12.2. The second-order valence-corrected chi connectivity index (χ2v) is 5.40. The van der Waals surface area contributed by atoms with Crippen molar-refractivity contribution in [2.45, 2.75) is 13.0 Å². The molecule has 1 amide bonds. The zero-order valence-corrected chi connectivity index (χ0v) is 11.8. The lowest BCUT2D eigenvalue weighted by molar-refractivity contribution is 0.0918. The van der Waals surface area contributed by atoms with Crippen molar-refractivity contribution in [3.63, 3.8) is 0 Å². The average Bonchev–Trinajstić information content (AvgIpc) is 2.89. The number of nitrogens with one attached hydrogen (secondary N) is 1. The third-order valence-electron chi connectivity index (χ3n) is 2.48. The Morgan fingerprint density at radius 3 is 2.79 bits per heavy atom. The van der Waals surface area contributed by atoms with E-state index in [2.05, 4.69) is 10.3 Å². The van der Waals surface area contributed by atoms with Gasteiger partial charge in [0.2, 0.25) is 0 Å². The van der Waals surface area contributed by atoms with Crippen LogP contribution in [0.3, 0.4) is 0 Å². The monoisotopic (exact) mass is 296 g/mol. The van der Waals surface area contributed by atoms with Gasteiger partial charge in [0.25, 0.3) is 5.91 Å². The number of benzene rings is 1. The number of hydrogen-bond acceptors (Lipinski definition) is 4. The van der Waals surface area contributed by atoms with Crippen LogP contribution in [0, 0.1) is 0 Å². The van der Waals surface area contributed by atoms with Crippen LogP contribution in [0.1, 0.15) is 17.4 Å². The highest BCUT2D eigenvalue weighted by atomic mass is 35.5. The highest BCUT2D eigenvalue weighted by Gasteiger charge is 2.13. The Bertz CT molecular complexity index is 568. The van der Waals surface area contributed by atoms with Crippen LogP contribution in [-0.2, 0) is 0 Å². The first-order valence-electron chi connectivity index (χ1n) is 5.73. The Hall–Kier alpha value is -1.43. The summed E-state index contributed by atoms with van der Waals surface area (Å²) in [5, 5.41) is 14.7. The summed E-state index contributed by atoms with van der Waals surface area (Å²) in [6.45, 7) is 1.63. The summed E-state index contributed by atoms with van der Waals surface area (Å²) >= 11 is 7.22. The lowest BCUT2D eigenvalue weighted by atomic mass is 10.2. The second-order valence-electron chi connectivity index (χ2n) is 4.10. The largest absolute Gasteiger partial charge is 0.394 e. The molecule has 1 heterocycles. The van der Waals surface area contributed by atoms with Crippen LogP contribution in [0.2, 0.25) is 5.02 Å². The van der Waals surface area contributed by atoms with Crippen molar-refractivity contribution in [1.29, 1.82) is 0 Å². The van der Waals surface area contributed by atoms with Gasteiger partial charge in [0, 0.05) is 22.0 Å². The van der Waals surface area contributed by atoms with E-state index < -0.39 is 0 Å². The van der Waals surface area contributed by atoms with Gasteiger partial charge in [0.05, 0.1) is 6.61 Å². The van der Waals surface area contributed by atoms with Crippen molar-refractivity contribution in [3.05, 3.63) is 40.4 Å². The van der Waals surface area contributed by atoms with Crippen molar-refractivity contribution in [2.75, 3.05) is 6.61 Å². The van der Waals surface area contributed by atoms with E-state index in [0.717, 1.165) is 10.6 Å². The van der Waals surface area contributed by atoms with E-state index in [-0.39, 0.29) is 18.6 Å². The second kappa shape index (κ2) is 6.14. The molecule has 0 fully saturated rings. The number of hydrogen-bond donors (Lipinski definition) is 2. The van der Waals surface area contributed by atoms with Gasteiger partial charge in [-0.1, -0.05) is 23.7 Å². The first kappa shape index (κ1) is 14.0. The van der Waals surface area contributed by atoms with Gasteiger partial charge >= 0.3 is 0 Å². The van der Waals surface area contributed by atoms with Gasteiger partial charge in [-0.25, -0.2) is 4.98 Å². The molecule has 19 heavy (non-hydrogen) atoms. The summed E-state index contributed by atoms with van der Waals surface area (Å²) in [6.07, 6.45) is 0. The highest BCUT2D eigenvalue weighted by Crippen LogP contribution is 2.25. The van der Waals surface area contributed by atoms with Crippen molar-refractivity contribution in [3.8, 4) is 10.6 Å². The highest BCUT2D eigenvalue weighted by molar-refractivity contribution is 7.13. The summed E-state index contributed by atoms with van der Waals surface area (Å²) in [5.74, 6) is -0.280. The van der Waals surface area contributed by atoms with Gasteiger partial charge in [0.1, 0.15) is 10.7 Å². The first-order chi connectivity index (χ1) is 9.10. The topological polar surface area (TPSA) is 62.2 Å². The minimum atomic E-state index is -0.284. The molecule has 1 atom stereocenters. The molecule has 0 aliphatic heterocycles. The SMILES string of the molecule is CC(CO)NC(=O)c1csc(-c2ccc(Cl)cc2)n1. The Morgan fingerprint density at radius 1 is 1.47 bits per heavy atom. The molecule has 2 N–H and O–H groups in total. The van der Waals surface area contributed by atoms with Crippen LogP contribution in [0.25, 0.3) is 10.6 Å². The Labute approximate surface area is 120 Å². The van der Waals surface area contributed by atoms with Crippen molar-refractivity contribution >= 4 is 28.8 Å². The summed E-state index contributed by atoms with van der Waals surface area (Å²) in [5.41, 5.74) is 1.28. The number of aliphatic hydroxyl groups excluding tert-OH is 1. The Morgan fingerprint density at radius 2 is 2.16 bits per heavy atom. The molecule has 4 nitrogen and oxygen atoms in total. The standard InChI is InChI=1S/C13H13ClN2O2S/c1-8(6-17)15-12(18)11-7-19-13(16-11)9-2-4-10(14)5-3-9/h2-5,7-8,17H,6H2,1H3,(H,15,18). The number of amides is 1. The quantitative estimate of drug-likeness (QED) is 0.911. The number of halogens is 1. The fourth-order valence-electron chi connectivity index (χ4n) is 1.45. The third-order valence-corrected chi connectivity index (χ3v) is 3.62. The van der Waals surface area contributed by atoms with E-state index in [1.165, 1.54) is 11.3 Å². The number of thiazole rings is 1. The molecule has 6 heteroatoms. The molecule has 1 aromatic heterocycles. The number of aliphatic hydroxyl groups is 1. The first-order valence-corrected chi connectivity index (χ1v) is 6.99. The summed E-state index contributed by atoms with van der Waals surface area (Å²) in [4.78, 5) is 16.1. The van der Waals surface area contributed by atoms with Crippen molar-refractivity contribution in [1.82, 2.24) is 10.3 Å². The molecule has 0 aliphatic rings. The van der Waals surface area contributed by atoms with Gasteiger partial charge < -0.3 is 10.4 Å². The van der Waals surface area contributed by atoms with Gasteiger partial charge in [-0.15, -0.1) is 11.3 Å². The lowest BCUT2D eigenvalue weighted by Gasteiger charge is -2.08. The van der Waals surface area contributed by atoms with Crippen LogP contribution in [0.5, 0.6) is 0 Å². The predicted molar refractivity (Wildman–Crippen MR) is 76.6 cm³/mol.